The first kappa shape index (κ1) is 9.31. The maximum atomic E-state index is 10.6. The van der Waals surface area contributed by atoms with Crippen LogP contribution in [-0.4, -0.2) is 24.1 Å². The maximum absolute atomic E-state index is 10.6. The van der Waals surface area contributed by atoms with Crippen molar-refractivity contribution in [3.63, 3.8) is 0 Å². The molecule has 0 aliphatic rings. The van der Waals surface area contributed by atoms with E-state index in [-0.39, 0.29) is 12.6 Å². The predicted molar refractivity (Wildman–Crippen MR) is 39.6 cm³/mol. The third-order valence-corrected chi connectivity index (χ3v) is 1.57. The summed E-state index contributed by atoms with van der Waals surface area (Å²) in [7, 11) is 0. The lowest BCUT2D eigenvalue weighted by atomic mass is 10.7. The fourth-order valence-corrected chi connectivity index (χ4v) is 0.794. The Hall–Kier alpha value is -0.690. The monoisotopic (exact) mass is 159 g/mol. The first-order valence-electron chi connectivity index (χ1n) is 2.91. The van der Waals surface area contributed by atoms with Crippen molar-refractivity contribution in [2.45, 2.75) is 6.92 Å². The molecule has 56 valence electrons. The SMILES string of the molecule is CCSCC(=O)OCC#N. The van der Waals surface area contributed by atoms with Gasteiger partial charge >= 0.3 is 5.97 Å². The molecule has 0 radical (unpaired) electrons. The van der Waals surface area contributed by atoms with Crippen LogP contribution in [0.3, 0.4) is 0 Å². The highest BCUT2D eigenvalue weighted by Gasteiger charge is 1.99. The Bertz CT molecular complexity index is 141. The largest absolute Gasteiger partial charge is 0.450 e. The van der Waals surface area contributed by atoms with Crippen LogP contribution in [0, 0.1) is 11.3 Å². The van der Waals surface area contributed by atoms with Gasteiger partial charge in [-0.2, -0.15) is 17.0 Å². The van der Waals surface area contributed by atoms with Crippen molar-refractivity contribution in [1.82, 2.24) is 0 Å². The van der Waals surface area contributed by atoms with Crippen molar-refractivity contribution in [1.29, 1.82) is 5.26 Å². The van der Waals surface area contributed by atoms with E-state index < -0.39 is 0 Å². The van der Waals surface area contributed by atoms with E-state index in [4.69, 9.17) is 5.26 Å². The average Bonchev–Trinajstić information content (AvgIpc) is 1.97. The van der Waals surface area contributed by atoms with Gasteiger partial charge in [-0.3, -0.25) is 4.79 Å². The van der Waals surface area contributed by atoms with E-state index >= 15 is 0 Å². The van der Waals surface area contributed by atoms with Gasteiger partial charge in [0.15, 0.2) is 6.61 Å². The fraction of sp³-hybridized carbons (Fsp3) is 0.667. The molecule has 0 heterocycles. The van der Waals surface area contributed by atoms with E-state index in [0.717, 1.165) is 5.75 Å². The lowest BCUT2D eigenvalue weighted by molar-refractivity contribution is -0.138. The van der Waals surface area contributed by atoms with Gasteiger partial charge in [0.1, 0.15) is 6.07 Å². The standard InChI is InChI=1S/C6H9NO2S/c1-2-10-5-6(8)9-4-3-7/h2,4-5H2,1H3. The second kappa shape index (κ2) is 6.43. The minimum absolute atomic E-state index is 0.136. The highest BCUT2D eigenvalue weighted by molar-refractivity contribution is 7.99. The van der Waals surface area contributed by atoms with Crippen molar-refractivity contribution in [3.05, 3.63) is 0 Å². The topological polar surface area (TPSA) is 50.1 Å². The minimum Gasteiger partial charge on any atom is -0.450 e. The Morgan fingerprint density at radius 3 is 3.00 bits per heavy atom. The van der Waals surface area contributed by atoms with Gasteiger partial charge in [0.25, 0.3) is 0 Å². The van der Waals surface area contributed by atoms with E-state index in [1.807, 2.05) is 6.92 Å². The van der Waals surface area contributed by atoms with Crippen molar-refractivity contribution in [2.24, 2.45) is 0 Å². The minimum atomic E-state index is -0.312. The van der Waals surface area contributed by atoms with Gasteiger partial charge in [-0.25, -0.2) is 0 Å². The Morgan fingerprint density at radius 1 is 1.80 bits per heavy atom. The van der Waals surface area contributed by atoms with Gasteiger partial charge in [-0.05, 0) is 5.75 Å². The highest BCUT2D eigenvalue weighted by Crippen LogP contribution is 1.98. The van der Waals surface area contributed by atoms with Crippen LogP contribution in [0.2, 0.25) is 0 Å². The number of carbonyl (C=O) groups excluding carboxylic acids is 1. The number of thioether (sulfide) groups is 1. The molecule has 10 heavy (non-hydrogen) atoms. The Morgan fingerprint density at radius 2 is 2.50 bits per heavy atom. The highest BCUT2D eigenvalue weighted by atomic mass is 32.2. The summed E-state index contributed by atoms with van der Waals surface area (Å²) in [6, 6.07) is 1.72. The summed E-state index contributed by atoms with van der Waals surface area (Å²) in [5.41, 5.74) is 0. The zero-order valence-corrected chi connectivity index (χ0v) is 6.61. The molecular weight excluding hydrogens is 150 g/mol. The normalized spacial score (nSPS) is 8.40. The molecule has 0 saturated carbocycles. The molecule has 0 spiro atoms. The molecule has 0 aromatic rings. The van der Waals surface area contributed by atoms with Gasteiger partial charge < -0.3 is 4.74 Å². The van der Waals surface area contributed by atoms with Crippen LogP contribution < -0.4 is 0 Å². The lowest BCUT2D eigenvalue weighted by Gasteiger charge is -1.96. The van der Waals surface area contributed by atoms with Gasteiger partial charge in [-0.15, -0.1) is 0 Å². The number of nitriles is 1. The third-order valence-electron chi connectivity index (χ3n) is 0.722. The number of ether oxygens (including phenoxy) is 1. The number of rotatable bonds is 4. The van der Waals surface area contributed by atoms with E-state index in [2.05, 4.69) is 4.74 Å². The molecule has 0 saturated heterocycles. The lowest BCUT2D eigenvalue weighted by Crippen LogP contribution is -2.07. The van der Waals surface area contributed by atoms with Gasteiger partial charge in [0, 0.05) is 0 Å². The van der Waals surface area contributed by atoms with Crippen LogP contribution in [0.25, 0.3) is 0 Å². The van der Waals surface area contributed by atoms with Gasteiger partial charge in [0.2, 0.25) is 0 Å². The van der Waals surface area contributed by atoms with E-state index in [0.29, 0.717) is 5.75 Å². The Kier molecular flexibility index (Phi) is 5.99. The Labute approximate surface area is 64.4 Å². The molecule has 0 fully saturated rings. The predicted octanol–water partition coefficient (Wildman–Crippen LogP) is 0.806. The van der Waals surface area contributed by atoms with E-state index in [9.17, 15) is 4.79 Å². The molecule has 3 nitrogen and oxygen atoms in total. The second-order valence-electron chi connectivity index (χ2n) is 1.46. The summed E-state index contributed by atoms with van der Waals surface area (Å²) >= 11 is 1.48. The zero-order chi connectivity index (χ0) is 7.82. The summed E-state index contributed by atoms with van der Waals surface area (Å²) in [5.74, 6) is 0.924. The molecule has 0 aromatic heterocycles. The summed E-state index contributed by atoms with van der Waals surface area (Å²) < 4.78 is 4.47. The molecule has 0 rings (SSSR count). The van der Waals surface area contributed by atoms with Crippen LogP contribution in [0.4, 0.5) is 0 Å². The van der Waals surface area contributed by atoms with Crippen molar-refractivity contribution in [2.75, 3.05) is 18.1 Å². The molecular formula is C6H9NO2S. The molecule has 0 N–H and O–H groups in total. The number of esters is 1. The Balaban J connectivity index is 3.19. The van der Waals surface area contributed by atoms with E-state index in [1.165, 1.54) is 11.8 Å². The molecule has 0 bridgehead atoms. The van der Waals surface area contributed by atoms with Crippen LogP contribution in [0.15, 0.2) is 0 Å². The third kappa shape index (κ3) is 5.45. The summed E-state index contributed by atoms with van der Waals surface area (Å²) in [6.07, 6.45) is 0. The van der Waals surface area contributed by atoms with Crippen molar-refractivity contribution in [3.8, 4) is 6.07 Å². The molecule has 0 aliphatic heterocycles. The number of hydrogen-bond acceptors (Lipinski definition) is 4. The maximum Gasteiger partial charge on any atom is 0.316 e. The molecule has 0 unspecified atom stereocenters. The van der Waals surface area contributed by atoms with Gasteiger partial charge in [0.05, 0.1) is 5.75 Å². The molecule has 0 atom stereocenters. The number of hydrogen-bond donors (Lipinski definition) is 0. The first-order chi connectivity index (χ1) is 4.81. The smallest absolute Gasteiger partial charge is 0.316 e. The molecule has 0 aliphatic carbocycles. The quantitative estimate of drug-likeness (QED) is 0.569. The van der Waals surface area contributed by atoms with Crippen LogP contribution >= 0.6 is 11.8 Å². The molecule has 4 heteroatoms. The van der Waals surface area contributed by atoms with Crippen LogP contribution in [-0.2, 0) is 9.53 Å². The number of nitrogens with zero attached hydrogens (tertiary/aromatic N) is 1. The van der Waals surface area contributed by atoms with Crippen LogP contribution in [0.1, 0.15) is 6.92 Å². The number of carbonyl (C=O) groups is 1. The molecule has 0 aromatic carbocycles. The second-order valence-corrected chi connectivity index (χ2v) is 2.73. The molecule has 0 amide bonds. The zero-order valence-electron chi connectivity index (χ0n) is 5.79. The summed E-state index contributed by atoms with van der Waals surface area (Å²) in [6.45, 7) is 1.82. The van der Waals surface area contributed by atoms with Gasteiger partial charge in [-0.1, -0.05) is 6.92 Å². The fourth-order valence-electron chi connectivity index (χ4n) is 0.340. The summed E-state index contributed by atoms with van der Waals surface area (Å²) in [4.78, 5) is 10.6. The summed E-state index contributed by atoms with van der Waals surface area (Å²) in [5, 5.41) is 8.01. The van der Waals surface area contributed by atoms with Crippen LogP contribution in [0.5, 0.6) is 0 Å². The van der Waals surface area contributed by atoms with Crippen molar-refractivity contribution < 1.29 is 9.53 Å². The van der Waals surface area contributed by atoms with Crippen molar-refractivity contribution >= 4 is 17.7 Å². The average molecular weight is 159 g/mol. The first-order valence-corrected chi connectivity index (χ1v) is 4.07. The van der Waals surface area contributed by atoms with E-state index in [1.54, 1.807) is 6.07 Å².